The summed E-state index contributed by atoms with van der Waals surface area (Å²) in [6.07, 6.45) is -0.535. The van der Waals surface area contributed by atoms with Crippen molar-refractivity contribution in [1.82, 2.24) is 26.2 Å². The molecular weight excluding hydrogens is 628 g/mol. The number of carboxylic acid groups (broad SMARTS) is 3. The average Bonchev–Trinajstić information content (AvgIpc) is 3.47. The molecular formula is C28H46N6O11S. The van der Waals surface area contributed by atoms with E-state index in [1.807, 2.05) is 0 Å². The number of likely N-dealkylation sites (tertiary alicyclic amines) is 1. The number of carboxylic acids is 3. The highest BCUT2D eigenvalue weighted by atomic mass is 32.1. The summed E-state index contributed by atoms with van der Waals surface area (Å²) in [6, 6.07) is -7.60. The van der Waals surface area contributed by atoms with Crippen LogP contribution in [0.25, 0.3) is 0 Å². The van der Waals surface area contributed by atoms with E-state index in [0.717, 1.165) is 0 Å². The second-order valence-electron chi connectivity index (χ2n) is 11.6. The number of carbonyl (C=O) groups excluding carboxylic acids is 5. The molecule has 0 aromatic carbocycles. The van der Waals surface area contributed by atoms with Gasteiger partial charge in [0, 0.05) is 18.7 Å². The van der Waals surface area contributed by atoms with Crippen molar-refractivity contribution in [2.75, 3.05) is 12.3 Å². The number of hydrogen-bond donors (Lipinski definition) is 9. The Morgan fingerprint density at radius 1 is 0.848 bits per heavy atom. The van der Waals surface area contributed by atoms with Crippen molar-refractivity contribution in [2.45, 2.75) is 102 Å². The Bertz CT molecular complexity index is 1150. The molecule has 0 aromatic rings. The van der Waals surface area contributed by atoms with Gasteiger partial charge in [-0.3, -0.25) is 33.6 Å². The van der Waals surface area contributed by atoms with Crippen LogP contribution in [0.15, 0.2) is 0 Å². The van der Waals surface area contributed by atoms with Crippen LogP contribution in [0.2, 0.25) is 0 Å². The maximum absolute atomic E-state index is 13.7. The molecule has 9 N–H and O–H groups in total. The molecule has 17 nitrogen and oxygen atoms in total. The highest BCUT2D eigenvalue weighted by molar-refractivity contribution is 7.80. The van der Waals surface area contributed by atoms with Crippen LogP contribution in [0.5, 0.6) is 0 Å². The Labute approximate surface area is 272 Å². The molecule has 1 rings (SSSR count). The summed E-state index contributed by atoms with van der Waals surface area (Å²) in [5.74, 6) is -8.96. The zero-order valence-corrected chi connectivity index (χ0v) is 27.2. The fourth-order valence-corrected chi connectivity index (χ4v) is 4.99. The van der Waals surface area contributed by atoms with Crippen molar-refractivity contribution in [3.63, 3.8) is 0 Å². The minimum absolute atomic E-state index is 0.162. The highest BCUT2D eigenvalue weighted by Crippen LogP contribution is 2.21. The fraction of sp³-hybridized carbons (Fsp3) is 0.714. The average molecular weight is 675 g/mol. The summed E-state index contributed by atoms with van der Waals surface area (Å²) in [6.45, 7) is 6.94. The lowest BCUT2D eigenvalue weighted by molar-refractivity contribution is -0.145. The van der Waals surface area contributed by atoms with Gasteiger partial charge in [0.05, 0.1) is 12.5 Å². The van der Waals surface area contributed by atoms with Crippen LogP contribution in [-0.2, 0) is 38.4 Å². The number of nitrogens with two attached hydrogens (primary N) is 1. The molecule has 260 valence electrons. The first-order valence-electron chi connectivity index (χ1n) is 15.0. The van der Waals surface area contributed by atoms with E-state index < -0.39 is 108 Å². The predicted molar refractivity (Wildman–Crippen MR) is 165 cm³/mol. The zero-order chi connectivity index (χ0) is 35.3. The molecule has 0 aromatic heterocycles. The Hall–Kier alpha value is -3.93. The zero-order valence-electron chi connectivity index (χ0n) is 26.4. The molecule has 7 atom stereocenters. The number of amides is 5. The number of aliphatic carboxylic acids is 3. The van der Waals surface area contributed by atoms with Crippen molar-refractivity contribution in [3.8, 4) is 0 Å². The van der Waals surface area contributed by atoms with Gasteiger partial charge in [-0.15, -0.1) is 0 Å². The first-order valence-corrected chi connectivity index (χ1v) is 15.6. The highest BCUT2D eigenvalue weighted by Gasteiger charge is 2.41. The van der Waals surface area contributed by atoms with Crippen LogP contribution in [0, 0.1) is 11.8 Å². The van der Waals surface area contributed by atoms with Crippen molar-refractivity contribution in [1.29, 1.82) is 0 Å². The number of hydrogen-bond acceptors (Lipinski definition) is 10. The van der Waals surface area contributed by atoms with Crippen LogP contribution >= 0.6 is 12.6 Å². The van der Waals surface area contributed by atoms with E-state index in [1.54, 1.807) is 27.7 Å². The van der Waals surface area contributed by atoms with Gasteiger partial charge in [0.1, 0.15) is 30.2 Å². The SMILES string of the molecule is CC[C@H](C)[C@H](NC(=O)[C@H](CCC(=O)O)NC(=O)[C@@H](N)CC(=O)O)C(=O)N[C@H](C(=O)N1CCC[C@H]1C(=O)N[C@@H](CS)C(=O)O)C(C)C. The van der Waals surface area contributed by atoms with E-state index in [1.165, 1.54) is 4.90 Å². The molecule has 1 heterocycles. The minimum Gasteiger partial charge on any atom is -0.481 e. The van der Waals surface area contributed by atoms with Gasteiger partial charge < -0.3 is 47.2 Å². The van der Waals surface area contributed by atoms with E-state index in [-0.39, 0.29) is 25.1 Å². The van der Waals surface area contributed by atoms with E-state index >= 15 is 0 Å². The number of rotatable bonds is 19. The lowest BCUT2D eigenvalue weighted by atomic mass is 9.95. The number of nitrogens with one attached hydrogen (secondary N) is 4. The van der Waals surface area contributed by atoms with Gasteiger partial charge in [0.25, 0.3) is 0 Å². The van der Waals surface area contributed by atoms with Crippen molar-refractivity contribution in [3.05, 3.63) is 0 Å². The minimum atomic E-state index is -1.52. The topological polar surface area (TPSA) is 275 Å². The molecule has 1 aliphatic rings. The monoisotopic (exact) mass is 674 g/mol. The first kappa shape index (κ1) is 40.1. The summed E-state index contributed by atoms with van der Waals surface area (Å²) in [7, 11) is 0. The third kappa shape index (κ3) is 12.1. The molecule has 0 aliphatic carbocycles. The van der Waals surface area contributed by atoms with Gasteiger partial charge in [0.2, 0.25) is 29.5 Å². The summed E-state index contributed by atoms with van der Waals surface area (Å²) in [5.41, 5.74) is 5.58. The Morgan fingerprint density at radius 2 is 1.46 bits per heavy atom. The summed E-state index contributed by atoms with van der Waals surface area (Å²) in [5, 5.41) is 37.1. The lowest BCUT2D eigenvalue weighted by Gasteiger charge is -2.33. The summed E-state index contributed by atoms with van der Waals surface area (Å²) in [4.78, 5) is 101. The number of nitrogens with zero attached hydrogens (tertiary/aromatic N) is 1. The molecule has 46 heavy (non-hydrogen) atoms. The van der Waals surface area contributed by atoms with Crippen LogP contribution in [0.4, 0.5) is 0 Å². The maximum atomic E-state index is 13.7. The maximum Gasteiger partial charge on any atom is 0.327 e. The van der Waals surface area contributed by atoms with E-state index in [0.29, 0.717) is 12.8 Å². The second kappa shape index (κ2) is 18.9. The molecule has 1 aliphatic heterocycles. The largest absolute Gasteiger partial charge is 0.481 e. The van der Waals surface area contributed by atoms with Gasteiger partial charge >= 0.3 is 17.9 Å². The number of carbonyl (C=O) groups is 8. The molecule has 5 amide bonds. The molecule has 0 unspecified atom stereocenters. The molecule has 0 saturated carbocycles. The molecule has 18 heteroatoms. The van der Waals surface area contributed by atoms with Crippen LogP contribution in [0.3, 0.4) is 0 Å². The Kier molecular flexibility index (Phi) is 16.5. The van der Waals surface area contributed by atoms with Gasteiger partial charge in [-0.25, -0.2) is 4.79 Å². The predicted octanol–water partition coefficient (Wildman–Crippen LogP) is -1.70. The van der Waals surface area contributed by atoms with E-state index in [4.69, 9.17) is 15.9 Å². The third-order valence-electron chi connectivity index (χ3n) is 7.67. The first-order chi connectivity index (χ1) is 21.4. The van der Waals surface area contributed by atoms with Crippen molar-refractivity contribution >= 4 is 60.1 Å². The van der Waals surface area contributed by atoms with Crippen molar-refractivity contribution in [2.24, 2.45) is 17.6 Å². The third-order valence-corrected chi connectivity index (χ3v) is 8.04. The number of thiol groups is 1. The second-order valence-corrected chi connectivity index (χ2v) is 11.9. The standard InChI is InChI=1S/C28H46N6O11S/c1-5-14(4)22(33-24(40)16(8-9-19(35)36)30-23(39)15(29)11-20(37)38)26(42)32-21(13(2)3)27(43)34-10-6-7-18(34)25(41)31-17(12-46)28(44)45/h13-18,21-22,46H,5-12,29H2,1-4H3,(H,30,39)(H,31,41)(H,32,42)(H,33,40)(H,35,36)(H,37,38)(H,44,45)/t14-,15-,16-,17-,18-,21-,22-/m0/s1. The van der Waals surface area contributed by atoms with Crippen LogP contribution in [-0.4, -0.2) is 116 Å². The fourth-order valence-electron chi connectivity index (χ4n) is 4.74. The Morgan fingerprint density at radius 3 is 1.96 bits per heavy atom. The van der Waals surface area contributed by atoms with E-state index in [9.17, 15) is 43.5 Å². The van der Waals surface area contributed by atoms with Crippen LogP contribution < -0.4 is 27.0 Å². The van der Waals surface area contributed by atoms with Gasteiger partial charge in [-0.05, 0) is 31.1 Å². The molecule has 1 saturated heterocycles. The normalized spacial score (nSPS) is 18.3. The molecule has 1 fully saturated rings. The quantitative estimate of drug-likeness (QED) is 0.0694. The molecule has 0 radical (unpaired) electrons. The molecule has 0 bridgehead atoms. The lowest BCUT2D eigenvalue weighted by Crippen LogP contribution is -2.61. The Balaban J connectivity index is 3.19. The van der Waals surface area contributed by atoms with Crippen molar-refractivity contribution < 1.29 is 53.7 Å². The smallest absolute Gasteiger partial charge is 0.327 e. The van der Waals surface area contributed by atoms with Gasteiger partial charge in [-0.2, -0.15) is 12.6 Å². The van der Waals surface area contributed by atoms with Gasteiger partial charge in [-0.1, -0.05) is 34.1 Å². The van der Waals surface area contributed by atoms with Gasteiger partial charge in [0.15, 0.2) is 0 Å². The van der Waals surface area contributed by atoms with E-state index in [2.05, 4.69) is 33.9 Å². The summed E-state index contributed by atoms with van der Waals surface area (Å²) >= 11 is 3.94. The van der Waals surface area contributed by atoms with Crippen LogP contribution in [0.1, 0.15) is 66.2 Å². The summed E-state index contributed by atoms with van der Waals surface area (Å²) < 4.78 is 0. The molecule has 0 spiro atoms.